The molecule has 2 heteroatoms. The summed E-state index contributed by atoms with van der Waals surface area (Å²) in [6, 6.07) is 4.71. The minimum absolute atomic E-state index is 0.122. The molecule has 1 rings (SSSR count). The zero-order chi connectivity index (χ0) is 12.5. The molecular formula is C15H22O2. The van der Waals surface area contributed by atoms with Crippen LogP contribution in [0.1, 0.15) is 44.6 Å². The molecular weight excluding hydrogens is 212 g/mol. The molecule has 0 fully saturated rings. The van der Waals surface area contributed by atoms with Crippen molar-refractivity contribution in [3.8, 4) is 11.5 Å². The predicted molar refractivity (Wildman–Crippen MR) is 71.4 cm³/mol. The minimum atomic E-state index is 0.122. The van der Waals surface area contributed by atoms with Crippen LogP contribution in [0.25, 0.3) is 0 Å². The first-order valence-electron chi connectivity index (χ1n) is 6.39. The van der Waals surface area contributed by atoms with Crippen molar-refractivity contribution in [1.29, 1.82) is 0 Å². The van der Waals surface area contributed by atoms with Gasteiger partial charge in [-0.3, -0.25) is 0 Å². The quantitative estimate of drug-likeness (QED) is 0.549. The van der Waals surface area contributed by atoms with Gasteiger partial charge in [0.2, 0.25) is 0 Å². The van der Waals surface area contributed by atoms with Crippen LogP contribution in [-0.2, 0) is 6.42 Å². The lowest BCUT2D eigenvalue weighted by molar-refractivity contribution is 0.449. The van der Waals surface area contributed by atoms with E-state index in [-0.39, 0.29) is 11.5 Å². The summed E-state index contributed by atoms with van der Waals surface area (Å²) in [4.78, 5) is 0. The van der Waals surface area contributed by atoms with E-state index in [9.17, 15) is 10.2 Å². The van der Waals surface area contributed by atoms with Crippen molar-refractivity contribution in [1.82, 2.24) is 0 Å². The third kappa shape index (κ3) is 6.00. The van der Waals surface area contributed by atoms with Crippen molar-refractivity contribution in [2.24, 2.45) is 0 Å². The van der Waals surface area contributed by atoms with E-state index in [2.05, 4.69) is 19.1 Å². The topological polar surface area (TPSA) is 40.5 Å². The molecule has 0 unspecified atom stereocenters. The lowest BCUT2D eigenvalue weighted by atomic mass is 10.1. The second kappa shape index (κ2) is 7.77. The standard InChI is InChI=1S/C15H22O2/c1-2-3-4-5-6-7-8-9-13-10-14(16)12-15(17)11-13/h7-8,10-12,16-17H,2-6,9H2,1H3/b8-7-. The fourth-order valence-corrected chi connectivity index (χ4v) is 1.80. The highest BCUT2D eigenvalue weighted by Gasteiger charge is 1.96. The van der Waals surface area contributed by atoms with Crippen molar-refractivity contribution >= 4 is 0 Å². The highest BCUT2D eigenvalue weighted by atomic mass is 16.3. The van der Waals surface area contributed by atoms with Gasteiger partial charge in [-0.2, -0.15) is 0 Å². The Morgan fingerprint density at radius 3 is 2.29 bits per heavy atom. The van der Waals surface area contributed by atoms with Gasteiger partial charge in [0.05, 0.1) is 0 Å². The van der Waals surface area contributed by atoms with E-state index in [1.807, 2.05) is 0 Å². The normalized spacial score (nSPS) is 11.1. The van der Waals surface area contributed by atoms with Gasteiger partial charge < -0.3 is 10.2 Å². The summed E-state index contributed by atoms with van der Waals surface area (Å²) in [5, 5.41) is 18.6. The Labute approximate surface area is 104 Å². The number of aromatic hydroxyl groups is 2. The van der Waals surface area contributed by atoms with Crippen LogP contribution in [0.15, 0.2) is 30.4 Å². The monoisotopic (exact) mass is 234 g/mol. The number of hydrogen-bond acceptors (Lipinski definition) is 2. The molecule has 0 aliphatic heterocycles. The fraction of sp³-hybridized carbons (Fsp3) is 0.467. The summed E-state index contributed by atoms with van der Waals surface area (Å²) in [6.45, 7) is 2.21. The lowest BCUT2D eigenvalue weighted by Crippen LogP contribution is -1.81. The highest BCUT2D eigenvalue weighted by Crippen LogP contribution is 2.20. The van der Waals surface area contributed by atoms with Crippen molar-refractivity contribution < 1.29 is 10.2 Å². The molecule has 2 nitrogen and oxygen atoms in total. The van der Waals surface area contributed by atoms with Crippen LogP contribution >= 0.6 is 0 Å². The van der Waals surface area contributed by atoms with Crippen molar-refractivity contribution in [2.75, 3.05) is 0 Å². The number of rotatable bonds is 7. The van der Waals surface area contributed by atoms with Gasteiger partial charge in [0, 0.05) is 6.07 Å². The van der Waals surface area contributed by atoms with Gasteiger partial charge in [-0.05, 0) is 37.0 Å². The van der Waals surface area contributed by atoms with Gasteiger partial charge >= 0.3 is 0 Å². The Bertz CT molecular complexity index is 336. The molecule has 1 aromatic rings. The largest absolute Gasteiger partial charge is 0.508 e. The second-order valence-electron chi connectivity index (χ2n) is 4.38. The molecule has 0 aromatic heterocycles. The molecule has 1 aromatic carbocycles. The molecule has 94 valence electrons. The van der Waals surface area contributed by atoms with Crippen LogP contribution in [0.3, 0.4) is 0 Å². The van der Waals surface area contributed by atoms with E-state index in [1.54, 1.807) is 12.1 Å². The lowest BCUT2D eigenvalue weighted by Gasteiger charge is -2.00. The van der Waals surface area contributed by atoms with E-state index >= 15 is 0 Å². The maximum atomic E-state index is 9.31. The van der Waals surface area contributed by atoms with E-state index < -0.39 is 0 Å². The maximum Gasteiger partial charge on any atom is 0.119 e. The van der Waals surface area contributed by atoms with Gasteiger partial charge in [0.25, 0.3) is 0 Å². The average molecular weight is 234 g/mol. The van der Waals surface area contributed by atoms with Crippen LogP contribution in [0.5, 0.6) is 11.5 Å². The van der Waals surface area contributed by atoms with Crippen LogP contribution < -0.4 is 0 Å². The first kappa shape index (κ1) is 13.6. The number of benzene rings is 1. The summed E-state index contributed by atoms with van der Waals surface area (Å²) in [7, 11) is 0. The van der Waals surface area contributed by atoms with E-state index in [1.165, 1.54) is 31.7 Å². The molecule has 0 heterocycles. The Morgan fingerprint density at radius 2 is 1.65 bits per heavy atom. The third-order valence-electron chi connectivity index (χ3n) is 2.71. The summed E-state index contributed by atoms with van der Waals surface area (Å²) in [6.07, 6.45) is 11.3. The summed E-state index contributed by atoms with van der Waals surface area (Å²) in [5.41, 5.74) is 0.937. The number of phenolic OH excluding ortho intramolecular Hbond substituents is 2. The zero-order valence-corrected chi connectivity index (χ0v) is 10.5. The molecule has 0 amide bonds. The molecule has 0 aliphatic carbocycles. The molecule has 0 radical (unpaired) electrons. The molecule has 0 saturated heterocycles. The Kier molecular flexibility index (Phi) is 6.23. The van der Waals surface area contributed by atoms with Crippen LogP contribution in [0.4, 0.5) is 0 Å². The Morgan fingerprint density at radius 1 is 0.941 bits per heavy atom. The number of allylic oxidation sites excluding steroid dienone is 2. The van der Waals surface area contributed by atoms with Crippen LogP contribution in [-0.4, -0.2) is 10.2 Å². The number of phenols is 2. The zero-order valence-electron chi connectivity index (χ0n) is 10.5. The molecule has 0 atom stereocenters. The van der Waals surface area contributed by atoms with Crippen LogP contribution in [0, 0.1) is 0 Å². The fourth-order valence-electron chi connectivity index (χ4n) is 1.80. The maximum absolute atomic E-state index is 9.31. The van der Waals surface area contributed by atoms with E-state index in [0.717, 1.165) is 18.4 Å². The average Bonchev–Trinajstić information content (AvgIpc) is 2.26. The molecule has 0 spiro atoms. The number of unbranched alkanes of at least 4 members (excludes halogenated alkanes) is 4. The van der Waals surface area contributed by atoms with E-state index in [0.29, 0.717) is 0 Å². The third-order valence-corrected chi connectivity index (χ3v) is 2.71. The Hall–Kier alpha value is -1.44. The Balaban J connectivity index is 2.27. The van der Waals surface area contributed by atoms with E-state index in [4.69, 9.17) is 0 Å². The van der Waals surface area contributed by atoms with Crippen LogP contribution in [0.2, 0.25) is 0 Å². The van der Waals surface area contributed by atoms with Crippen molar-refractivity contribution in [3.05, 3.63) is 35.9 Å². The smallest absolute Gasteiger partial charge is 0.119 e. The molecule has 0 aliphatic rings. The van der Waals surface area contributed by atoms with Gasteiger partial charge in [-0.15, -0.1) is 0 Å². The first-order chi connectivity index (χ1) is 8.22. The predicted octanol–water partition coefficient (Wildman–Crippen LogP) is 4.17. The van der Waals surface area contributed by atoms with Crippen molar-refractivity contribution in [2.45, 2.75) is 45.4 Å². The van der Waals surface area contributed by atoms with Gasteiger partial charge in [-0.1, -0.05) is 38.3 Å². The SMILES string of the molecule is CCCCCC/C=C\Cc1cc(O)cc(O)c1. The van der Waals surface area contributed by atoms with Gasteiger partial charge in [0.15, 0.2) is 0 Å². The minimum Gasteiger partial charge on any atom is -0.508 e. The first-order valence-corrected chi connectivity index (χ1v) is 6.39. The molecule has 0 bridgehead atoms. The summed E-state index contributed by atoms with van der Waals surface area (Å²) >= 11 is 0. The molecule has 17 heavy (non-hydrogen) atoms. The number of hydrogen-bond donors (Lipinski definition) is 2. The van der Waals surface area contributed by atoms with Gasteiger partial charge in [-0.25, -0.2) is 0 Å². The van der Waals surface area contributed by atoms with Crippen molar-refractivity contribution in [3.63, 3.8) is 0 Å². The molecule has 0 saturated carbocycles. The summed E-state index contributed by atoms with van der Waals surface area (Å²) in [5.74, 6) is 0.243. The highest BCUT2D eigenvalue weighted by molar-refractivity contribution is 5.37. The van der Waals surface area contributed by atoms with Gasteiger partial charge in [0.1, 0.15) is 11.5 Å². The second-order valence-corrected chi connectivity index (χ2v) is 4.38. The summed E-state index contributed by atoms with van der Waals surface area (Å²) < 4.78 is 0. The molecule has 2 N–H and O–H groups in total.